The molecule has 8 heteroatoms. The maximum atomic E-state index is 12.0. The van der Waals surface area contributed by atoms with Gasteiger partial charge in [0.1, 0.15) is 16.9 Å². The highest BCUT2D eigenvalue weighted by Crippen LogP contribution is 2.40. The average molecular weight is 463 g/mol. The lowest BCUT2D eigenvalue weighted by atomic mass is 9.97. The molecule has 0 aliphatic carbocycles. The highest BCUT2D eigenvalue weighted by molar-refractivity contribution is 7.15. The molecule has 1 aliphatic rings. The van der Waals surface area contributed by atoms with Gasteiger partial charge in [-0.05, 0) is 61.2 Å². The first-order chi connectivity index (χ1) is 15.4. The summed E-state index contributed by atoms with van der Waals surface area (Å²) in [5, 5.41) is 23.6. The van der Waals surface area contributed by atoms with Gasteiger partial charge in [-0.1, -0.05) is 24.3 Å². The van der Waals surface area contributed by atoms with Crippen molar-refractivity contribution in [2.75, 3.05) is 0 Å². The zero-order valence-corrected chi connectivity index (χ0v) is 19.8. The Labute approximate surface area is 193 Å². The molecule has 4 heterocycles. The fourth-order valence-corrected chi connectivity index (χ4v) is 5.95. The Morgan fingerprint density at radius 2 is 1.78 bits per heavy atom. The van der Waals surface area contributed by atoms with E-state index >= 15 is 0 Å². The van der Waals surface area contributed by atoms with Gasteiger partial charge in [0.2, 0.25) is 0 Å². The van der Waals surface area contributed by atoms with Crippen molar-refractivity contribution < 1.29 is 9.90 Å². The lowest BCUT2D eigenvalue weighted by molar-refractivity contribution is -0.141. The number of nitrogens with zero attached hydrogens (tertiary/aromatic N) is 4. The topological polar surface area (TPSA) is 80.4 Å². The molecule has 0 fully saturated rings. The molecule has 0 saturated heterocycles. The van der Waals surface area contributed by atoms with Crippen LogP contribution in [0.2, 0.25) is 0 Å². The van der Waals surface area contributed by atoms with Crippen molar-refractivity contribution in [1.82, 2.24) is 14.8 Å². The summed E-state index contributed by atoms with van der Waals surface area (Å²) in [6, 6.07) is 9.81. The predicted molar refractivity (Wildman–Crippen MR) is 128 cm³/mol. The summed E-state index contributed by atoms with van der Waals surface area (Å²) in [7, 11) is 0. The maximum Gasteiger partial charge on any atom is 0.308 e. The molecule has 0 bridgehead atoms. The predicted octanol–water partition coefficient (Wildman–Crippen LogP) is 5.60. The molecule has 6 nitrogen and oxygen atoms in total. The van der Waals surface area contributed by atoms with Crippen LogP contribution in [0.1, 0.15) is 46.2 Å². The minimum absolute atomic E-state index is 0.574. The first kappa shape index (κ1) is 20.8. The Balaban J connectivity index is 1.74. The Morgan fingerprint density at radius 1 is 1.06 bits per heavy atom. The standard InChI is InChI=1S/C24H22N4O2S2/c1-12-14(3)32-23-19(12)21(17-7-5-16(6-8-17)18-9-10-31-11-18)25-20(13(2)24(29)30)22-27-26-15(4)28(22)23/h5-11,13,20H,1-4H3,(H,29,30)/t13-,20?/m0/s1. The minimum atomic E-state index is -0.906. The van der Waals surface area contributed by atoms with E-state index in [0.29, 0.717) is 5.82 Å². The molecular weight excluding hydrogens is 440 g/mol. The molecule has 162 valence electrons. The molecule has 32 heavy (non-hydrogen) atoms. The number of carboxylic acids is 1. The largest absolute Gasteiger partial charge is 0.481 e. The van der Waals surface area contributed by atoms with Crippen LogP contribution in [0, 0.1) is 26.7 Å². The number of hydrogen-bond donors (Lipinski definition) is 1. The SMILES string of the molecule is Cc1sc2c(c1C)C(c1ccc(-c3ccsc3)cc1)=NC([C@H](C)C(=O)O)c1nnc(C)n1-2. The van der Waals surface area contributed by atoms with Gasteiger partial charge in [0.05, 0.1) is 11.6 Å². The zero-order valence-electron chi connectivity index (χ0n) is 18.2. The van der Waals surface area contributed by atoms with E-state index in [9.17, 15) is 9.90 Å². The van der Waals surface area contributed by atoms with Crippen molar-refractivity contribution in [3.05, 3.63) is 74.3 Å². The maximum absolute atomic E-state index is 12.0. The molecular formula is C24H22N4O2S2. The van der Waals surface area contributed by atoms with Crippen LogP contribution in [-0.2, 0) is 4.79 Å². The van der Waals surface area contributed by atoms with Crippen LogP contribution in [0.25, 0.3) is 16.1 Å². The lowest BCUT2D eigenvalue weighted by Crippen LogP contribution is -2.21. The van der Waals surface area contributed by atoms with Crippen molar-refractivity contribution in [3.8, 4) is 16.1 Å². The van der Waals surface area contributed by atoms with Gasteiger partial charge in [0, 0.05) is 16.0 Å². The molecule has 1 unspecified atom stereocenters. The molecule has 1 aromatic carbocycles. The second-order valence-corrected chi connectivity index (χ2v) is 10.0. The molecule has 0 radical (unpaired) electrons. The van der Waals surface area contributed by atoms with Gasteiger partial charge in [0.25, 0.3) is 0 Å². The van der Waals surface area contributed by atoms with Crippen LogP contribution in [0.15, 0.2) is 46.1 Å². The van der Waals surface area contributed by atoms with Crippen molar-refractivity contribution in [3.63, 3.8) is 0 Å². The summed E-state index contributed by atoms with van der Waals surface area (Å²) >= 11 is 3.34. The molecule has 3 aromatic heterocycles. The van der Waals surface area contributed by atoms with Crippen LogP contribution in [-0.4, -0.2) is 31.6 Å². The number of thiophene rings is 2. The molecule has 5 rings (SSSR count). The van der Waals surface area contributed by atoms with Gasteiger partial charge in [-0.3, -0.25) is 14.4 Å². The molecule has 1 aliphatic heterocycles. The fraction of sp³-hybridized carbons (Fsp3) is 0.250. The van der Waals surface area contributed by atoms with E-state index in [-0.39, 0.29) is 0 Å². The molecule has 0 amide bonds. The number of aromatic nitrogens is 3. The summed E-state index contributed by atoms with van der Waals surface area (Å²) in [4.78, 5) is 18.2. The molecule has 0 spiro atoms. The van der Waals surface area contributed by atoms with E-state index in [2.05, 4.69) is 65.1 Å². The molecule has 4 aromatic rings. The number of aryl methyl sites for hydroxylation is 2. The van der Waals surface area contributed by atoms with Crippen LogP contribution >= 0.6 is 22.7 Å². The first-order valence-electron chi connectivity index (χ1n) is 10.3. The second kappa shape index (κ2) is 7.79. The highest BCUT2D eigenvalue weighted by Gasteiger charge is 2.36. The first-order valence-corrected chi connectivity index (χ1v) is 12.1. The highest BCUT2D eigenvalue weighted by atomic mass is 32.1. The van der Waals surface area contributed by atoms with E-state index in [1.165, 1.54) is 10.4 Å². The Bertz CT molecular complexity index is 1350. The second-order valence-electron chi connectivity index (χ2n) is 8.04. The third-order valence-electron chi connectivity index (χ3n) is 6.07. The summed E-state index contributed by atoms with van der Waals surface area (Å²) in [5.41, 5.74) is 6.28. The van der Waals surface area contributed by atoms with Gasteiger partial charge in [-0.15, -0.1) is 21.5 Å². The van der Waals surface area contributed by atoms with Crippen molar-refractivity contribution in [2.24, 2.45) is 10.9 Å². The Morgan fingerprint density at radius 3 is 2.44 bits per heavy atom. The fourth-order valence-electron chi connectivity index (χ4n) is 4.07. The molecule has 0 saturated carbocycles. The van der Waals surface area contributed by atoms with E-state index in [4.69, 9.17) is 4.99 Å². The zero-order chi connectivity index (χ0) is 22.6. The smallest absolute Gasteiger partial charge is 0.308 e. The normalized spacial score (nSPS) is 16.1. The van der Waals surface area contributed by atoms with E-state index in [1.54, 1.807) is 29.6 Å². The quantitative estimate of drug-likeness (QED) is 0.428. The monoisotopic (exact) mass is 462 g/mol. The van der Waals surface area contributed by atoms with Gasteiger partial charge in [-0.2, -0.15) is 11.3 Å². The number of fused-ring (bicyclic) bond motifs is 3. The average Bonchev–Trinajstić information content (AvgIpc) is 3.48. The van der Waals surface area contributed by atoms with E-state index < -0.39 is 17.9 Å². The van der Waals surface area contributed by atoms with Gasteiger partial charge < -0.3 is 5.11 Å². The van der Waals surface area contributed by atoms with E-state index in [0.717, 1.165) is 38.8 Å². The summed E-state index contributed by atoms with van der Waals surface area (Å²) < 4.78 is 1.99. The van der Waals surface area contributed by atoms with Crippen LogP contribution in [0.4, 0.5) is 0 Å². The lowest BCUT2D eigenvalue weighted by Gasteiger charge is -2.16. The summed E-state index contributed by atoms with van der Waals surface area (Å²) in [6.45, 7) is 7.77. The summed E-state index contributed by atoms with van der Waals surface area (Å²) in [6.07, 6.45) is 0. The third-order valence-corrected chi connectivity index (χ3v) is 7.94. The molecule has 2 atom stereocenters. The van der Waals surface area contributed by atoms with Gasteiger partial charge in [0.15, 0.2) is 5.82 Å². The van der Waals surface area contributed by atoms with Gasteiger partial charge >= 0.3 is 5.97 Å². The summed E-state index contributed by atoms with van der Waals surface area (Å²) in [5.74, 6) is -0.344. The number of carboxylic acid groups (broad SMARTS) is 1. The van der Waals surface area contributed by atoms with Crippen molar-refractivity contribution in [1.29, 1.82) is 0 Å². The number of hydrogen-bond acceptors (Lipinski definition) is 6. The Hall–Kier alpha value is -3.10. The number of aliphatic imine (C=N–C) groups is 1. The van der Waals surface area contributed by atoms with Crippen molar-refractivity contribution >= 4 is 34.4 Å². The number of rotatable bonds is 4. The van der Waals surface area contributed by atoms with Crippen LogP contribution in [0.5, 0.6) is 0 Å². The number of benzene rings is 1. The van der Waals surface area contributed by atoms with Gasteiger partial charge in [-0.25, -0.2) is 0 Å². The molecule has 1 N–H and O–H groups in total. The Kier molecular flexibility index (Phi) is 5.06. The minimum Gasteiger partial charge on any atom is -0.481 e. The van der Waals surface area contributed by atoms with Crippen LogP contribution in [0.3, 0.4) is 0 Å². The van der Waals surface area contributed by atoms with E-state index in [1.807, 2.05) is 11.5 Å². The number of aliphatic carboxylic acids is 1. The van der Waals surface area contributed by atoms with Crippen LogP contribution < -0.4 is 0 Å². The number of carbonyl (C=O) groups is 1. The van der Waals surface area contributed by atoms with Crippen molar-refractivity contribution in [2.45, 2.75) is 33.7 Å². The third kappa shape index (κ3) is 3.22.